The van der Waals surface area contributed by atoms with Gasteiger partial charge in [-0.15, -0.1) is 0 Å². The summed E-state index contributed by atoms with van der Waals surface area (Å²) >= 11 is -2.10. The van der Waals surface area contributed by atoms with Crippen molar-refractivity contribution in [3.8, 4) is 22.7 Å². The number of hydrogen-bond acceptors (Lipinski definition) is 8. The molecule has 0 spiro atoms. The van der Waals surface area contributed by atoms with Crippen LogP contribution in [0, 0.1) is 5.41 Å². The van der Waals surface area contributed by atoms with Crippen molar-refractivity contribution in [1.29, 1.82) is 5.41 Å². The van der Waals surface area contributed by atoms with E-state index < -0.39 is 11.1 Å². The van der Waals surface area contributed by atoms with Crippen molar-refractivity contribution >= 4 is 39.9 Å². The SMILES string of the molecule is N=Cc1c(N)cccc1-c1nc(N2CCOCC2)c2oc(-c3cccc(S(=O)O)c3)cc2n1. The van der Waals surface area contributed by atoms with Gasteiger partial charge in [0.1, 0.15) is 11.3 Å². The van der Waals surface area contributed by atoms with Crippen LogP contribution in [0.15, 0.2) is 57.8 Å². The smallest absolute Gasteiger partial charge is 0.195 e. The molecule has 168 valence electrons. The van der Waals surface area contributed by atoms with Gasteiger partial charge in [0, 0.05) is 47.7 Å². The minimum absolute atomic E-state index is 0.281. The van der Waals surface area contributed by atoms with E-state index in [9.17, 15) is 8.76 Å². The van der Waals surface area contributed by atoms with Crippen molar-refractivity contribution < 1.29 is 17.9 Å². The van der Waals surface area contributed by atoms with Crippen LogP contribution in [0.4, 0.5) is 11.5 Å². The standard InChI is InChI=1S/C23H21N5O4S/c24-13-17-16(5-2-6-18(17)25)22-26-19-12-20(14-3-1-4-15(11-14)33(29)30)32-21(19)23(27-22)28-7-9-31-10-8-28/h1-6,11-13,24H,7-10,25H2,(H,29,30). The Bertz CT molecular complexity index is 1380. The van der Waals surface area contributed by atoms with Crippen molar-refractivity contribution in [1.82, 2.24) is 9.97 Å². The molecule has 10 heteroatoms. The molecule has 5 rings (SSSR count). The summed E-state index contributed by atoms with van der Waals surface area (Å²) in [5.41, 5.74) is 9.53. The Morgan fingerprint density at radius 3 is 2.67 bits per heavy atom. The van der Waals surface area contributed by atoms with Crippen molar-refractivity contribution in [2.75, 3.05) is 36.9 Å². The minimum atomic E-state index is -2.10. The molecule has 1 saturated heterocycles. The molecule has 1 fully saturated rings. The summed E-state index contributed by atoms with van der Waals surface area (Å²) in [6, 6.07) is 13.9. The number of benzene rings is 2. The summed E-state index contributed by atoms with van der Waals surface area (Å²) < 4.78 is 32.7. The Balaban J connectivity index is 1.71. The monoisotopic (exact) mass is 463 g/mol. The predicted molar refractivity (Wildman–Crippen MR) is 127 cm³/mol. The number of furan rings is 1. The maximum atomic E-state index is 11.5. The average molecular weight is 464 g/mol. The molecule has 0 amide bonds. The number of rotatable bonds is 5. The first-order chi connectivity index (χ1) is 16.0. The van der Waals surface area contributed by atoms with Crippen LogP contribution in [0.1, 0.15) is 5.56 Å². The van der Waals surface area contributed by atoms with Crippen LogP contribution in [0.25, 0.3) is 33.8 Å². The molecule has 4 N–H and O–H groups in total. The highest BCUT2D eigenvalue weighted by Gasteiger charge is 2.23. The predicted octanol–water partition coefficient (Wildman–Crippen LogP) is 3.55. The number of fused-ring (bicyclic) bond motifs is 1. The summed E-state index contributed by atoms with van der Waals surface area (Å²) in [5.74, 6) is 1.58. The van der Waals surface area contributed by atoms with E-state index in [0.717, 1.165) is 0 Å². The Hall–Kier alpha value is -3.60. The number of morpholine rings is 1. The number of nitrogens with two attached hydrogens (primary N) is 1. The molecule has 2 aromatic carbocycles. The second kappa shape index (κ2) is 8.74. The van der Waals surface area contributed by atoms with Gasteiger partial charge < -0.3 is 29.7 Å². The van der Waals surface area contributed by atoms with E-state index in [4.69, 9.17) is 30.3 Å². The van der Waals surface area contributed by atoms with Crippen molar-refractivity contribution in [3.63, 3.8) is 0 Å². The zero-order valence-corrected chi connectivity index (χ0v) is 18.3. The normalized spacial score (nSPS) is 15.0. The second-order valence-corrected chi connectivity index (χ2v) is 8.49. The molecule has 0 aliphatic carbocycles. The van der Waals surface area contributed by atoms with Crippen molar-refractivity contribution in [3.05, 3.63) is 54.1 Å². The number of aromatic nitrogens is 2. The van der Waals surface area contributed by atoms with Gasteiger partial charge in [0.2, 0.25) is 0 Å². The van der Waals surface area contributed by atoms with Gasteiger partial charge >= 0.3 is 0 Å². The van der Waals surface area contributed by atoms with Crippen molar-refractivity contribution in [2.45, 2.75) is 4.90 Å². The first-order valence-electron chi connectivity index (χ1n) is 10.3. The van der Waals surface area contributed by atoms with Crippen LogP contribution >= 0.6 is 0 Å². The highest BCUT2D eigenvalue weighted by molar-refractivity contribution is 7.79. The fraction of sp³-hybridized carbons (Fsp3) is 0.174. The van der Waals surface area contributed by atoms with Gasteiger partial charge in [-0.05, 0) is 18.2 Å². The maximum Gasteiger partial charge on any atom is 0.195 e. The summed E-state index contributed by atoms with van der Waals surface area (Å²) in [5, 5.41) is 7.81. The topological polar surface area (TPSA) is 139 Å². The first kappa shape index (κ1) is 21.3. The molecule has 9 nitrogen and oxygen atoms in total. The van der Waals surface area contributed by atoms with E-state index in [1.165, 1.54) is 6.21 Å². The van der Waals surface area contributed by atoms with Gasteiger partial charge in [-0.25, -0.2) is 14.2 Å². The number of nitrogens with zero attached hydrogens (tertiary/aromatic N) is 3. The molecule has 1 atom stereocenters. The molecule has 0 saturated carbocycles. The summed E-state index contributed by atoms with van der Waals surface area (Å²) in [6.45, 7) is 2.44. The highest BCUT2D eigenvalue weighted by Crippen LogP contribution is 2.35. The lowest BCUT2D eigenvalue weighted by molar-refractivity contribution is 0.122. The van der Waals surface area contributed by atoms with Crippen LogP contribution in [0.5, 0.6) is 0 Å². The zero-order valence-electron chi connectivity index (χ0n) is 17.5. The first-order valence-corrected chi connectivity index (χ1v) is 11.4. The van der Waals surface area contributed by atoms with E-state index >= 15 is 0 Å². The molecule has 33 heavy (non-hydrogen) atoms. The summed E-state index contributed by atoms with van der Waals surface area (Å²) in [6.07, 6.45) is 1.20. The molecular weight excluding hydrogens is 442 g/mol. The summed E-state index contributed by atoms with van der Waals surface area (Å²) in [4.78, 5) is 11.9. The Kier molecular flexibility index (Phi) is 5.63. The Morgan fingerprint density at radius 1 is 1.12 bits per heavy atom. The van der Waals surface area contributed by atoms with Crippen LogP contribution < -0.4 is 10.6 Å². The average Bonchev–Trinajstić information content (AvgIpc) is 3.28. The van der Waals surface area contributed by atoms with E-state index in [1.807, 2.05) is 12.1 Å². The van der Waals surface area contributed by atoms with Crippen LogP contribution in [0.2, 0.25) is 0 Å². The fourth-order valence-electron chi connectivity index (χ4n) is 3.86. The quantitative estimate of drug-likeness (QED) is 0.232. The van der Waals surface area contributed by atoms with E-state index in [0.29, 0.717) is 77.2 Å². The van der Waals surface area contributed by atoms with Crippen LogP contribution in [-0.2, 0) is 15.8 Å². The molecule has 1 unspecified atom stereocenters. The molecule has 0 bridgehead atoms. The molecular formula is C23H21N5O4S. The molecule has 3 heterocycles. The Labute approximate surface area is 192 Å². The van der Waals surface area contributed by atoms with E-state index in [1.54, 1.807) is 36.4 Å². The molecule has 2 aromatic heterocycles. The van der Waals surface area contributed by atoms with Gasteiger partial charge in [-0.1, -0.05) is 24.3 Å². The number of ether oxygens (including phenoxy) is 1. The minimum Gasteiger partial charge on any atom is -0.450 e. The summed E-state index contributed by atoms with van der Waals surface area (Å²) in [7, 11) is 0. The van der Waals surface area contributed by atoms with Gasteiger partial charge in [0.05, 0.1) is 18.1 Å². The number of anilines is 2. The van der Waals surface area contributed by atoms with Gasteiger partial charge in [0.15, 0.2) is 28.3 Å². The lowest BCUT2D eigenvalue weighted by Crippen LogP contribution is -2.37. The second-order valence-electron chi connectivity index (χ2n) is 7.53. The lowest BCUT2D eigenvalue weighted by Gasteiger charge is -2.28. The fourth-order valence-corrected chi connectivity index (χ4v) is 4.29. The highest BCUT2D eigenvalue weighted by atomic mass is 32.2. The van der Waals surface area contributed by atoms with Crippen LogP contribution in [-0.4, -0.2) is 51.2 Å². The van der Waals surface area contributed by atoms with Gasteiger partial charge in [0.25, 0.3) is 0 Å². The third kappa shape index (κ3) is 3.99. The molecule has 0 radical (unpaired) electrons. The zero-order chi connectivity index (χ0) is 22.9. The maximum absolute atomic E-state index is 11.5. The molecule has 4 aromatic rings. The van der Waals surface area contributed by atoms with Gasteiger partial charge in [-0.2, -0.15) is 0 Å². The van der Waals surface area contributed by atoms with E-state index in [2.05, 4.69) is 4.90 Å². The van der Waals surface area contributed by atoms with E-state index in [-0.39, 0.29) is 4.90 Å². The number of nitrogen functional groups attached to an aromatic ring is 1. The number of hydrogen-bond donors (Lipinski definition) is 3. The largest absolute Gasteiger partial charge is 0.450 e. The third-order valence-corrected chi connectivity index (χ3v) is 6.17. The lowest BCUT2D eigenvalue weighted by atomic mass is 10.1. The molecule has 1 aliphatic heterocycles. The van der Waals surface area contributed by atoms with Gasteiger partial charge in [-0.3, -0.25) is 0 Å². The third-order valence-electron chi connectivity index (χ3n) is 5.51. The van der Waals surface area contributed by atoms with Crippen LogP contribution in [0.3, 0.4) is 0 Å². The number of nitrogens with one attached hydrogen (secondary N) is 1. The molecule has 1 aliphatic rings. The van der Waals surface area contributed by atoms with Crippen molar-refractivity contribution in [2.24, 2.45) is 0 Å². The Morgan fingerprint density at radius 2 is 1.91 bits per heavy atom.